The molecule has 0 fully saturated rings. The van der Waals surface area contributed by atoms with Crippen LogP contribution in [0.4, 0.5) is 4.39 Å². The lowest BCUT2D eigenvalue weighted by atomic mass is 10.2. The van der Waals surface area contributed by atoms with Gasteiger partial charge in [-0.25, -0.2) is 17.5 Å². The topological polar surface area (TPSA) is 46.2 Å². The van der Waals surface area contributed by atoms with Crippen LogP contribution in [-0.2, 0) is 16.6 Å². The molecule has 0 saturated carbocycles. The van der Waals surface area contributed by atoms with Crippen molar-refractivity contribution in [3.8, 4) is 0 Å². The molecular weight excluding hydrogens is 277 g/mol. The van der Waals surface area contributed by atoms with Crippen LogP contribution in [0, 0.1) is 19.7 Å². The van der Waals surface area contributed by atoms with Crippen LogP contribution in [0.3, 0.4) is 0 Å². The highest BCUT2D eigenvalue weighted by Gasteiger charge is 2.16. The van der Waals surface area contributed by atoms with Crippen molar-refractivity contribution in [1.29, 1.82) is 0 Å². The summed E-state index contributed by atoms with van der Waals surface area (Å²) in [5.41, 5.74) is 2.43. The summed E-state index contributed by atoms with van der Waals surface area (Å²) in [6.07, 6.45) is 0. The molecule has 2 aromatic rings. The minimum absolute atomic E-state index is 0.135. The maximum atomic E-state index is 12.8. The Morgan fingerprint density at radius 3 is 2.30 bits per heavy atom. The summed E-state index contributed by atoms with van der Waals surface area (Å²) in [5, 5.41) is 0. The number of sulfonamides is 1. The molecule has 0 amide bonds. The third kappa shape index (κ3) is 3.43. The minimum atomic E-state index is -3.56. The van der Waals surface area contributed by atoms with Crippen LogP contribution in [0.1, 0.15) is 16.7 Å². The minimum Gasteiger partial charge on any atom is -0.207 e. The van der Waals surface area contributed by atoms with Gasteiger partial charge in [-0.1, -0.05) is 29.8 Å². The second kappa shape index (κ2) is 5.73. The van der Waals surface area contributed by atoms with Gasteiger partial charge in [-0.15, -0.1) is 0 Å². The van der Waals surface area contributed by atoms with Crippen LogP contribution in [0.2, 0.25) is 0 Å². The van der Waals surface area contributed by atoms with Crippen molar-refractivity contribution in [1.82, 2.24) is 4.72 Å². The molecule has 0 aliphatic carbocycles. The molecule has 0 atom stereocenters. The first kappa shape index (κ1) is 14.7. The summed E-state index contributed by atoms with van der Waals surface area (Å²) >= 11 is 0. The van der Waals surface area contributed by atoms with E-state index in [9.17, 15) is 12.8 Å². The van der Waals surface area contributed by atoms with Crippen molar-refractivity contribution < 1.29 is 12.8 Å². The largest absolute Gasteiger partial charge is 0.241 e. The second-order valence-corrected chi connectivity index (χ2v) is 6.46. The molecule has 0 aromatic heterocycles. The van der Waals surface area contributed by atoms with Crippen LogP contribution in [-0.4, -0.2) is 8.42 Å². The zero-order valence-corrected chi connectivity index (χ0v) is 12.2. The fourth-order valence-electron chi connectivity index (χ4n) is 1.96. The fraction of sp³-hybridized carbons (Fsp3) is 0.200. The first-order valence-electron chi connectivity index (χ1n) is 6.20. The van der Waals surface area contributed by atoms with E-state index in [-0.39, 0.29) is 17.3 Å². The van der Waals surface area contributed by atoms with Crippen molar-refractivity contribution in [3.05, 3.63) is 65.0 Å². The van der Waals surface area contributed by atoms with Crippen LogP contribution in [0.25, 0.3) is 0 Å². The van der Waals surface area contributed by atoms with E-state index in [2.05, 4.69) is 4.72 Å². The Balaban J connectivity index is 2.17. The number of rotatable bonds is 4. The summed E-state index contributed by atoms with van der Waals surface area (Å²) < 4.78 is 39.7. The molecule has 0 radical (unpaired) electrons. The molecule has 106 valence electrons. The molecule has 5 heteroatoms. The highest BCUT2D eigenvalue weighted by molar-refractivity contribution is 7.89. The predicted molar refractivity (Wildman–Crippen MR) is 76.3 cm³/mol. The normalized spacial score (nSPS) is 11.6. The maximum Gasteiger partial charge on any atom is 0.241 e. The molecule has 0 aliphatic heterocycles. The van der Waals surface area contributed by atoms with E-state index in [1.807, 2.05) is 13.0 Å². The molecule has 0 unspecified atom stereocenters. The number of hydrogen-bond acceptors (Lipinski definition) is 2. The number of aryl methyl sites for hydroxylation is 2. The lowest BCUT2D eigenvalue weighted by molar-refractivity contribution is 0.580. The molecule has 0 aliphatic rings. The number of benzene rings is 2. The van der Waals surface area contributed by atoms with Gasteiger partial charge in [0, 0.05) is 6.54 Å². The predicted octanol–water partition coefficient (Wildman–Crippen LogP) is 2.92. The van der Waals surface area contributed by atoms with Crippen LogP contribution >= 0.6 is 0 Å². The zero-order chi connectivity index (χ0) is 14.8. The quantitative estimate of drug-likeness (QED) is 0.942. The first-order valence-corrected chi connectivity index (χ1v) is 7.68. The van der Waals surface area contributed by atoms with E-state index in [1.54, 1.807) is 31.2 Å². The maximum absolute atomic E-state index is 12.8. The Hall–Kier alpha value is -1.72. The summed E-state index contributed by atoms with van der Waals surface area (Å²) in [7, 11) is -3.56. The number of halogens is 1. The van der Waals surface area contributed by atoms with E-state index in [0.717, 1.165) is 5.56 Å². The fourth-order valence-corrected chi connectivity index (χ4v) is 3.20. The van der Waals surface area contributed by atoms with Gasteiger partial charge in [-0.3, -0.25) is 0 Å². The Labute approximate surface area is 118 Å². The van der Waals surface area contributed by atoms with Gasteiger partial charge in [-0.2, -0.15) is 0 Å². The SMILES string of the molecule is Cc1ccc(S(=O)(=O)NCc2ccc(F)cc2)c(C)c1. The van der Waals surface area contributed by atoms with E-state index in [0.29, 0.717) is 11.1 Å². The zero-order valence-electron chi connectivity index (χ0n) is 11.4. The van der Waals surface area contributed by atoms with Gasteiger partial charge < -0.3 is 0 Å². The van der Waals surface area contributed by atoms with Gasteiger partial charge >= 0.3 is 0 Å². The molecule has 3 nitrogen and oxygen atoms in total. The Morgan fingerprint density at radius 2 is 1.70 bits per heavy atom. The second-order valence-electron chi connectivity index (χ2n) is 4.72. The summed E-state index contributed by atoms with van der Waals surface area (Å²) in [6.45, 7) is 3.81. The van der Waals surface area contributed by atoms with E-state index < -0.39 is 10.0 Å². The van der Waals surface area contributed by atoms with Crippen molar-refractivity contribution in [2.45, 2.75) is 25.3 Å². The average Bonchev–Trinajstić information content (AvgIpc) is 2.37. The molecule has 20 heavy (non-hydrogen) atoms. The Bertz CT molecular complexity index is 709. The van der Waals surface area contributed by atoms with Gasteiger partial charge in [0.05, 0.1) is 4.90 Å². The first-order chi connectivity index (χ1) is 9.38. The van der Waals surface area contributed by atoms with Crippen molar-refractivity contribution in [2.24, 2.45) is 0 Å². The van der Waals surface area contributed by atoms with E-state index >= 15 is 0 Å². The third-order valence-corrected chi connectivity index (χ3v) is 4.56. The Morgan fingerprint density at radius 1 is 1.05 bits per heavy atom. The molecule has 2 rings (SSSR count). The van der Waals surface area contributed by atoms with Gasteiger partial charge in [0.1, 0.15) is 5.82 Å². The molecule has 0 spiro atoms. The van der Waals surface area contributed by atoms with Gasteiger partial charge in [0.15, 0.2) is 0 Å². The average molecular weight is 293 g/mol. The molecule has 2 aromatic carbocycles. The lowest BCUT2D eigenvalue weighted by Gasteiger charge is -2.10. The molecule has 0 bridgehead atoms. The van der Waals surface area contributed by atoms with Crippen LogP contribution < -0.4 is 4.72 Å². The molecule has 1 N–H and O–H groups in total. The van der Waals surface area contributed by atoms with E-state index in [4.69, 9.17) is 0 Å². The number of nitrogens with one attached hydrogen (secondary N) is 1. The van der Waals surface area contributed by atoms with Gasteiger partial charge in [0.2, 0.25) is 10.0 Å². The Kier molecular flexibility index (Phi) is 4.20. The van der Waals surface area contributed by atoms with E-state index in [1.165, 1.54) is 12.1 Å². The number of hydrogen-bond donors (Lipinski definition) is 1. The highest BCUT2D eigenvalue weighted by atomic mass is 32.2. The summed E-state index contributed by atoms with van der Waals surface area (Å²) in [4.78, 5) is 0.269. The summed E-state index contributed by atoms with van der Waals surface area (Å²) in [5.74, 6) is -0.342. The van der Waals surface area contributed by atoms with Crippen molar-refractivity contribution in [3.63, 3.8) is 0 Å². The van der Waals surface area contributed by atoms with Crippen molar-refractivity contribution in [2.75, 3.05) is 0 Å². The lowest BCUT2D eigenvalue weighted by Crippen LogP contribution is -2.24. The molecular formula is C15H16FNO2S. The smallest absolute Gasteiger partial charge is 0.207 e. The third-order valence-electron chi connectivity index (χ3n) is 3.00. The molecule has 0 heterocycles. The van der Waals surface area contributed by atoms with Crippen LogP contribution in [0.5, 0.6) is 0 Å². The van der Waals surface area contributed by atoms with Crippen LogP contribution in [0.15, 0.2) is 47.4 Å². The molecule has 0 saturated heterocycles. The van der Waals surface area contributed by atoms with Gasteiger partial charge in [-0.05, 0) is 43.2 Å². The monoisotopic (exact) mass is 293 g/mol. The standard InChI is InChI=1S/C15H16FNO2S/c1-11-3-8-15(12(2)9-11)20(18,19)17-10-13-4-6-14(16)7-5-13/h3-9,17H,10H2,1-2H3. The van der Waals surface area contributed by atoms with Gasteiger partial charge in [0.25, 0.3) is 0 Å². The van der Waals surface area contributed by atoms with Crippen molar-refractivity contribution >= 4 is 10.0 Å². The highest BCUT2D eigenvalue weighted by Crippen LogP contribution is 2.16. The summed E-state index contributed by atoms with van der Waals surface area (Å²) in [6, 6.07) is 10.9.